The summed E-state index contributed by atoms with van der Waals surface area (Å²) in [7, 11) is 0. The van der Waals surface area contributed by atoms with Gasteiger partial charge in [-0.2, -0.15) is 15.0 Å². The summed E-state index contributed by atoms with van der Waals surface area (Å²) >= 11 is 0. The van der Waals surface area contributed by atoms with Crippen molar-refractivity contribution in [3.63, 3.8) is 0 Å². The molecule has 0 spiro atoms. The van der Waals surface area contributed by atoms with Crippen LogP contribution in [0.25, 0.3) is 0 Å². The summed E-state index contributed by atoms with van der Waals surface area (Å²) in [5.41, 5.74) is 5.51. The van der Waals surface area contributed by atoms with Gasteiger partial charge in [-0.05, 0) is 20.8 Å². The Morgan fingerprint density at radius 1 is 1.31 bits per heavy atom. The van der Waals surface area contributed by atoms with Crippen LogP contribution in [-0.2, 0) is 0 Å². The summed E-state index contributed by atoms with van der Waals surface area (Å²) in [6, 6.07) is 0.0174. The molecule has 0 aliphatic heterocycles. The fourth-order valence-electron chi connectivity index (χ4n) is 0.966. The van der Waals surface area contributed by atoms with Crippen LogP contribution in [0, 0.1) is 0 Å². The Hall–Kier alpha value is -1.63. The smallest absolute Gasteiger partial charge is 0.323 e. The summed E-state index contributed by atoms with van der Waals surface area (Å²) in [4.78, 5) is 11.7. The van der Waals surface area contributed by atoms with Gasteiger partial charge in [0.15, 0.2) is 0 Å². The first kappa shape index (κ1) is 12.4. The molecule has 90 valence electrons. The molecule has 0 aliphatic carbocycles. The molecule has 0 aliphatic rings. The average molecular weight is 227 g/mol. The van der Waals surface area contributed by atoms with Crippen molar-refractivity contribution in [1.29, 1.82) is 0 Å². The van der Waals surface area contributed by atoms with Gasteiger partial charge in [-0.25, -0.2) is 0 Å². The fourth-order valence-corrected chi connectivity index (χ4v) is 0.966. The number of nitrogens with zero attached hydrogens (tertiary/aromatic N) is 3. The molecule has 1 aromatic rings. The number of anilines is 2. The number of nitrogens with two attached hydrogens (primary N) is 1. The number of nitrogen functional groups attached to an aromatic ring is 1. The van der Waals surface area contributed by atoms with E-state index in [1.807, 2.05) is 13.8 Å². The fraction of sp³-hybridized carbons (Fsp3) is 0.667. The molecule has 4 N–H and O–H groups in total. The second-order valence-electron chi connectivity index (χ2n) is 3.69. The maximum atomic E-state index is 8.88. The zero-order chi connectivity index (χ0) is 12.1. The van der Waals surface area contributed by atoms with Crippen molar-refractivity contribution in [3.05, 3.63) is 0 Å². The van der Waals surface area contributed by atoms with Gasteiger partial charge in [0.1, 0.15) is 0 Å². The number of aliphatic hydroxyl groups excluding tert-OH is 1. The molecule has 0 fully saturated rings. The van der Waals surface area contributed by atoms with Gasteiger partial charge < -0.3 is 20.9 Å². The zero-order valence-electron chi connectivity index (χ0n) is 9.64. The van der Waals surface area contributed by atoms with Gasteiger partial charge in [0.2, 0.25) is 11.9 Å². The van der Waals surface area contributed by atoms with E-state index < -0.39 is 0 Å². The van der Waals surface area contributed by atoms with Crippen LogP contribution in [0.2, 0.25) is 0 Å². The number of hydrogen-bond donors (Lipinski definition) is 3. The quantitative estimate of drug-likeness (QED) is 0.651. The van der Waals surface area contributed by atoms with E-state index in [-0.39, 0.29) is 30.7 Å². The Morgan fingerprint density at radius 2 is 2.00 bits per heavy atom. The second-order valence-corrected chi connectivity index (χ2v) is 3.69. The summed E-state index contributed by atoms with van der Waals surface area (Å²) in [5.74, 6) is 0.378. The van der Waals surface area contributed by atoms with Crippen LogP contribution in [0.1, 0.15) is 20.8 Å². The molecule has 0 radical (unpaired) electrons. The van der Waals surface area contributed by atoms with E-state index in [2.05, 4.69) is 20.3 Å². The lowest BCUT2D eigenvalue weighted by Crippen LogP contribution is -2.22. The van der Waals surface area contributed by atoms with Gasteiger partial charge in [0.05, 0.1) is 12.7 Å². The molecule has 0 amide bonds. The molecular weight excluding hydrogens is 210 g/mol. The summed E-state index contributed by atoms with van der Waals surface area (Å²) in [6.07, 6.45) is -0.0371. The van der Waals surface area contributed by atoms with E-state index in [0.29, 0.717) is 5.95 Å². The summed E-state index contributed by atoms with van der Waals surface area (Å²) in [5, 5.41) is 11.8. The SMILES string of the molecule is CC(CO)Nc1nc(N)nc(OC(C)C)n1. The number of aliphatic hydroxyl groups is 1. The average Bonchev–Trinajstić information content (AvgIpc) is 2.15. The number of rotatable bonds is 5. The highest BCUT2D eigenvalue weighted by Gasteiger charge is 2.08. The van der Waals surface area contributed by atoms with E-state index in [0.717, 1.165) is 0 Å². The number of aromatic nitrogens is 3. The van der Waals surface area contributed by atoms with E-state index >= 15 is 0 Å². The lowest BCUT2D eigenvalue weighted by atomic mass is 10.4. The largest absolute Gasteiger partial charge is 0.461 e. The van der Waals surface area contributed by atoms with E-state index in [1.54, 1.807) is 6.92 Å². The Labute approximate surface area is 94.1 Å². The Bertz CT molecular complexity index is 345. The maximum Gasteiger partial charge on any atom is 0.323 e. The van der Waals surface area contributed by atoms with Gasteiger partial charge in [0, 0.05) is 6.04 Å². The monoisotopic (exact) mass is 227 g/mol. The molecular formula is C9H17N5O2. The normalized spacial score (nSPS) is 12.6. The second kappa shape index (κ2) is 5.45. The Balaban J connectivity index is 2.81. The van der Waals surface area contributed by atoms with E-state index in [1.165, 1.54) is 0 Å². The zero-order valence-corrected chi connectivity index (χ0v) is 9.64. The molecule has 1 unspecified atom stereocenters. The minimum atomic E-state index is -0.159. The van der Waals surface area contributed by atoms with Crippen molar-refractivity contribution in [2.45, 2.75) is 32.9 Å². The van der Waals surface area contributed by atoms with E-state index in [4.69, 9.17) is 15.6 Å². The van der Waals surface area contributed by atoms with Crippen LogP contribution in [0.5, 0.6) is 6.01 Å². The number of hydrogen-bond acceptors (Lipinski definition) is 7. The first-order valence-corrected chi connectivity index (χ1v) is 5.07. The third-order valence-corrected chi connectivity index (χ3v) is 1.62. The number of nitrogens with one attached hydrogen (secondary N) is 1. The molecule has 1 aromatic heterocycles. The highest BCUT2D eigenvalue weighted by Crippen LogP contribution is 2.10. The van der Waals surface area contributed by atoms with Gasteiger partial charge in [-0.1, -0.05) is 0 Å². The molecule has 7 nitrogen and oxygen atoms in total. The summed E-state index contributed by atoms with van der Waals surface area (Å²) in [6.45, 7) is 5.50. The van der Waals surface area contributed by atoms with Crippen LogP contribution in [0.15, 0.2) is 0 Å². The summed E-state index contributed by atoms with van der Waals surface area (Å²) < 4.78 is 5.31. The first-order chi connectivity index (χ1) is 7.51. The minimum absolute atomic E-state index is 0.0219. The molecule has 0 saturated carbocycles. The third kappa shape index (κ3) is 3.85. The van der Waals surface area contributed by atoms with Crippen molar-refractivity contribution in [2.75, 3.05) is 17.7 Å². The third-order valence-electron chi connectivity index (χ3n) is 1.62. The maximum absolute atomic E-state index is 8.88. The molecule has 1 heterocycles. The molecule has 16 heavy (non-hydrogen) atoms. The lowest BCUT2D eigenvalue weighted by Gasteiger charge is -2.12. The highest BCUT2D eigenvalue weighted by molar-refractivity contribution is 5.33. The van der Waals surface area contributed by atoms with E-state index in [9.17, 15) is 0 Å². The molecule has 0 bridgehead atoms. The van der Waals surface area contributed by atoms with Crippen molar-refractivity contribution >= 4 is 11.9 Å². The Morgan fingerprint density at radius 3 is 2.56 bits per heavy atom. The molecule has 1 atom stereocenters. The molecule has 7 heteroatoms. The predicted molar refractivity (Wildman–Crippen MR) is 60.2 cm³/mol. The molecule has 0 saturated heterocycles. The van der Waals surface area contributed by atoms with Crippen LogP contribution in [0.3, 0.4) is 0 Å². The predicted octanol–water partition coefficient (Wildman–Crippen LogP) is 0.0337. The van der Waals surface area contributed by atoms with Gasteiger partial charge in [0.25, 0.3) is 0 Å². The van der Waals surface area contributed by atoms with Crippen LogP contribution in [-0.4, -0.2) is 38.8 Å². The van der Waals surface area contributed by atoms with Gasteiger partial charge in [-0.3, -0.25) is 0 Å². The van der Waals surface area contributed by atoms with Gasteiger partial charge >= 0.3 is 6.01 Å². The van der Waals surface area contributed by atoms with Crippen molar-refractivity contribution < 1.29 is 9.84 Å². The molecule has 1 rings (SSSR count). The van der Waals surface area contributed by atoms with Gasteiger partial charge in [-0.15, -0.1) is 0 Å². The van der Waals surface area contributed by atoms with Crippen molar-refractivity contribution in [2.24, 2.45) is 0 Å². The minimum Gasteiger partial charge on any atom is -0.461 e. The topological polar surface area (TPSA) is 106 Å². The lowest BCUT2D eigenvalue weighted by molar-refractivity contribution is 0.222. The molecule has 0 aromatic carbocycles. The Kier molecular flexibility index (Phi) is 4.24. The van der Waals surface area contributed by atoms with Crippen LogP contribution in [0.4, 0.5) is 11.9 Å². The van der Waals surface area contributed by atoms with Crippen molar-refractivity contribution in [3.8, 4) is 6.01 Å². The van der Waals surface area contributed by atoms with Crippen molar-refractivity contribution in [1.82, 2.24) is 15.0 Å². The number of ether oxygens (including phenoxy) is 1. The standard InChI is InChI=1S/C9H17N5O2/c1-5(2)16-9-13-7(10)12-8(14-9)11-6(3)4-15/h5-6,15H,4H2,1-3H3,(H3,10,11,12,13,14). The first-order valence-electron chi connectivity index (χ1n) is 5.07. The highest BCUT2D eigenvalue weighted by atomic mass is 16.5. The van der Waals surface area contributed by atoms with Crippen LogP contribution < -0.4 is 15.8 Å². The van der Waals surface area contributed by atoms with Crippen LogP contribution >= 0.6 is 0 Å².